The Bertz CT molecular complexity index is 344. The number of rotatable bonds is 3. The highest BCUT2D eigenvalue weighted by Gasteiger charge is 2.45. The normalized spacial score (nSPS) is 33.0. The molecule has 0 bridgehead atoms. The number of likely N-dealkylation sites (tertiary alicyclic amines) is 1. The van der Waals surface area contributed by atoms with Gasteiger partial charge in [-0.1, -0.05) is 26.2 Å². The van der Waals surface area contributed by atoms with Gasteiger partial charge in [-0.15, -0.1) is 0 Å². The van der Waals surface area contributed by atoms with Gasteiger partial charge in [-0.25, -0.2) is 0 Å². The van der Waals surface area contributed by atoms with Crippen LogP contribution in [0.4, 0.5) is 0 Å². The number of hydrogen-bond acceptors (Lipinski definition) is 2. The first-order valence-corrected chi connectivity index (χ1v) is 8.70. The van der Waals surface area contributed by atoms with Crippen LogP contribution in [0.3, 0.4) is 0 Å². The van der Waals surface area contributed by atoms with Crippen LogP contribution in [0.2, 0.25) is 0 Å². The van der Waals surface area contributed by atoms with Crippen LogP contribution in [0.1, 0.15) is 64.7 Å². The van der Waals surface area contributed by atoms with Crippen molar-refractivity contribution in [1.82, 2.24) is 10.2 Å². The van der Waals surface area contributed by atoms with Crippen LogP contribution in [0, 0.1) is 10.8 Å². The lowest BCUT2D eigenvalue weighted by Crippen LogP contribution is -2.50. The molecule has 2 heterocycles. The van der Waals surface area contributed by atoms with Crippen LogP contribution in [0.5, 0.6) is 0 Å². The zero-order valence-corrected chi connectivity index (χ0v) is 13.0. The van der Waals surface area contributed by atoms with E-state index >= 15 is 0 Å². The highest BCUT2D eigenvalue weighted by atomic mass is 16.2. The number of carbonyl (C=O) groups excluding carboxylic acids is 1. The van der Waals surface area contributed by atoms with Crippen molar-refractivity contribution in [1.29, 1.82) is 0 Å². The molecule has 0 aromatic carbocycles. The van der Waals surface area contributed by atoms with E-state index in [0.29, 0.717) is 11.3 Å². The van der Waals surface area contributed by atoms with Gasteiger partial charge < -0.3 is 10.2 Å². The third-order valence-electron chi connectivity index (χ3n) is 6.20. The third-order valence-corrected chi connectivity index (χ3v) is 6.20. The number of piperidine rings is 1. The molecule has 0 aromatic rings. The maximum atomic E-state index is 13.0. The number of hydrogen-bond donors (Lipinski definition) is 1. The van der Waals surface area contributed by atoms with Crippen molar-refractivity contribution in [2.45, 2.75) is 64.7 Å². The fourth-order valence-electron chi connectivity index (χ4n) is 4.87. The minimum absolute atomic E-state index is 0.0745. The summed E-state index contributed by atoms with van der Waals surface area (Å²) in [6.45, 7) is 6.16. The molecule has 2 saturated heterocycles. The van der Waals surface area contributed by atoms with E-state index < -0.39 is 0 Å². The topological polar surface area (TPSA) is 32.3 Å². The van der Waals surface area contributed by atoms with Crippen molar-refractivity contribution >= 4 is 5.91 Å². The van der Waals surface area contributed by atoms with Crippen LogP contribution in [0.15, 0.2) is 0 Å². The molecule has 1 unspecified atom stereocenters. The molecule has 0 aromatic heterocycles. The molecule has 3 rings (SSSR count). The van der Waals surface area contributed by atoms with Gasteiger partial charge >= 0.3 is 0 Å². The minimum atomic E-state index is -0.0745. The lowest BCUT2D eigenvalue weighted by atomic mass is 9.75. The van der Waals surface area contributed by atoms with E-state index in [2.05, 4.69) is 17.1 Å². The Balaban J connectivity index is 1.63. The van der Waals surface area contributed by atoms with E-state index in [1.54, 1.807) is 0 Å². The van der Waals surface area contributed by atoms with Crippen molar-refractivity contribution in [3.63, 3.8) is 0 Å². The van der Waals surface area contributed by atoms with Gasteiger partial charge in [0.1, 0.15) is 0 Å². The molecule has 1 N–H and O–H groups in total. The van der Waals surface area contributed by atoms with E-state index in [-0.39, 0.29) is 5.41 Å². The van der Waals surface area contributed by atoms with Gasteiger partial charge in [0.05, 0.1) is 5.41 Å². The fourth-order valence-corrected chi connectivity index (χ4v) is 4.87. The largest absolute Gasteiger partial charge is 0.342 e. The van der Waals surface area contributed by atoms with Crippen molar-refractivity contribution < 1.29 is 4.79 Å². The van der Waals surface area contributed by atoms with Gasteiger partial charge in [-0.3, -0.25) is 4.79 Å². The maximum Gasteiger partial charge on any atom is 0.230 e. The Morgan fingerprint density at radius 3 is 2.35 bits per heavy atom. The molecular weight excluding hydrogens is 248 g/mol. The van der Waals surface area contributed by atoms with E-state index in [9.17, 15) is 4.79 Å². The second-order valence-electron chi connectivity index (χ2n) is 7.46. The standard InChI is InChI=1S/C17H30N2O/c1-2-5-17(8-11-18-14-17)15(20)19-12-9-16(10-13-19)6-3-4-7-16/h18H,2-14H2,1H3. The summed E-state index contributed by atoms with van der Waals surface area (Å²) in [6.07, 6.45) is 11.4. The number of nitrogens with one attached hydrogen (secondary N) is 1. The molecule has 3 heteroatoms. The molecular formula is C17H30N2O. The number of nitrogens with zero attached hydrogens (tertiary/aromatic N) is 1. The molecule has 1 amide bonds. The van der Waals surface area contributed by atoms with Gasteiger partial charge in [0.25, 0.3) is 0 Å². The van der Waals surface area contributed by atoms with E-state index in [0.717, 1.165) is 45.4 Å². The Labute approximate surface area is 123 Å². The highest BCUT2D eigenvalue weighted by Crippen LogP contribution is 2.47. The van der Waals surface area contributed by atoms with Gasteiger partial charge in [0.2, 0.25) is 5.91 Å². The molecule has 114 valence electrons. The summed E-state index contributed by atoms with van der Waals surface area (Å²) in [6, 6.07) is 0. The molecule has 0 radical (unpaired) electrons. The Hall–Kier alpha value is -0.570. The predicted octanol–water partition coefficient (Wildman–Crippen LogP) is 2.95. The number of carbonyl (C=O) groups is 1. The first-order chi connectivity index (χ1) is 9.70. The zero-order valence-electron chi connectivity index (χ0n) is 13.0. The fraction of sp³-hybridized carbons (Fsp3) is 0.941. The summed E-state index contributed by atoms with van der Waals surface area (Å²) >= 11 is 0. The van der Waals surface area contributed by atoms with Crippen LogP contribution >= 0.6 is 0 Å². The van der Waals surface area contributed by atoms with Crippen LogP contribution in [0.25, 0.3) is 0 Å². The van der Waals surface area contributed by atoms with E-state index in [1.165, 1.54) is 38.5 Å². The average molecular weight is 278 g/mol. The van der Waals surface area contributed by atoms with Crippen molar-refractivity contribution in [2.24, 2.45) is 10.8 Å². The lowest BCUT2D eigenvalue weighted by Gasteiger charge is -2.42. The highest BCUT2D eigenvalue weighted by molar-refractivity contribution is 5.83. The van der Waals surface area contributed by atoms with Crippen molar-refractivity contribution in [3.05, 3.63) is 0 Å². The Kier molecular flexibility index (Phi) is 4.07. The summed E-state index contributed by atoms with van der Waals surface area (Å²) in [7, 11) is 0. The van der Waals surface area contributed by atoms with Gasteiger partial charge in [-0.05, 0) is 50.5 Å². The summed E-state index contributed by atoms with van der Waals surface area (Å²) in [5.41, 5.74) is 0.539. The van der Waals surface area contributed by atoms with Crippen molar-refractivity contribution in [3.8, 4) is 0 Å². The van der Waals surface area contributed by atoms with Crippen LogP contribution in [-0.2, 0) is 4.79 Å². The van der Waals surface area contributed by atoms with E-state index in [1.807, 2.05) is 0 Å². The molecule has 1 aliphatic carbocycles. The van der Waals surface area contributed by atoms with E-state index in [4.69, 9.17) is 0 Å². The Morgan fingerprint density at radius 1 is 1.10 bits per heavy atom. The van der Waals surface area contributed by atoms with Crippen molar-refractivity contribution in [2.75, 3.05) is 26.2 Å². The summed E-state index contributed by atoms with van der Waals surface area (Å²) < 4.78 is 0. The smallest absolute Gasteiger partial charge is 0.230 e. The molecule has 1 atom stereocenters. The Morgan fingerprint density at radius 2 is 1.80 bits per heavy atom. The molecule has 3 nitrogen and oxygen atoms in total. The SMILES string of the molecule is CCCC1(C(=O)N2CCC3(CCCC3)CC2)CCNC1. The summed E-state index contributed by atoms with van der Waals surface area (Å²) in [5, 5.41) is 3.42. The summed E-state index contributed by atoms with van der Waals surface area (Å²) in [5.74, 6) is 0.456. The molecule has 3 fully saturated rings. The predicted molar refractivity (Wildman–Crippen MR) is 81.5 cm³/mol. The molecule has 20 heavy (non-hydrogen) atoms. The third kappa shape index (κ3) is 2.49. The number of amides is 1. The van der Waals surface area contributed by atoms with Gasteiger partial charge in [-0.2, -0.15) is 0 Å². The maximum absolute atomic E-state index is 13.0. The zero-order chi connectivity index (χ0) is 14.1. The molecule has 1 spiro atoms. The minimum Gasteiger partial charge on any atom is -0.342 e. The molecule has 3 aliphatic rings. The summed E-state index contributed by atoms with van der Waals surface area (Å²) in [4.78, 5) is 15.2. The quantitative estimate of drug-likeness (QED) is 0.861. The van der Waals surface area contributed by atoms with Crippen LogP contribution in [-0.4, -0.2) is 37.0 Å². The first-order valence-electron chi connectivity index (χ1n) is 8.70. The molecule has 2 aliphatic heterocycles. The second-order valence-corrected chi connectivity index (χ2v) is 7.46. The van der Waals surface area contributed by atoms with Crippen LogP contribution < -0.4 is 5.32 Å². The van der Waals surface area contributed by atoms with Gasteiger partial charge in [0, 0.05) is 19.6 Å². The molecule has 1 saturated carbocycles. The first kappa shape index (κ1) is 14.4. The van der Waals surface area contributed by atoms with Gasteiger partial charge in [0.15, 0.2) is 0 Å². The monoisotopic (exact) mass is 278 g/mol. The lowest BCUT2D eigenvalue weighted by molar-refractivity contribution is -0.144. The average Bonchev–Trinajstić information content (AvgIpc) is 3.10. The second kappa shape index (κ2) is 5.67.